The first-order chi connectivity index (χ1) is 8.81. The van der Waals surface area contributed by atoms with E-state index in [9.17, 15) is 0 Å². The van der Waals surface area contributed by atoms with Crippen LogP contribution in [0.1, 0.15) is 5.56 Å². The van der Waals surface area contributed by atoms with Crippen molar-refractivity contribution in [1.82, 2.24) is 9.55 Å². The zero-order chi connectivity index (χ0) is 12.8. The Balaban J connectivity index is 2.17. The molecule has 0 N–H and O–H groups in total. The molecule has 0 atom stereocenters. The van der Waals surface area contributed by atoms with Crippen LogP contribution in [-0.4, -0.2) is 16.2 Å². The van der Waals surface area contributed by atoms with Gasteiger partial charge in [0.15, 0.2) is 0 Å². The zero-order valence-electron chi connectivity index (χ0n) is 10.0. The molecule has 3 heteroatoms. The summed E-state index contributed by atoms with van der Waals surface area (Å²) in [5.74, 6) is 3.23. The molecule has 18 heavy (non-hydrogen) atoms. The van der Waals surface area contributed by atoms with E-state index >= 15 is 0 Å². The predicted molar refractivity (Wildman–Crippen MR) is 72.0 cm³/mol. The molecule has 0 saturated heterocycles. The molecular formula is C15H14N2O. The molecule has 1 heterocycles. The number of allylic oxidation sites excluding steroid dienone is 1. The number of ether oxygens (including phenoxy) is 1. The van der Waals surface area contributed by atoms with Crippen LogP contribution in [0.5, 0.6) is 5.75 Å². The maximum Gasteiger partial charge on any atom is 0.148 e. The Morgan fingerprint density at radius 3 is 3.00 bits per heavy atom. The lowest BCUT2D eigenvalue weighted by Gasteiger charge is -2.12. The molecule has 0 amide bonds. The van der Waals surface area contributed by atoms with E-state index < -0.39 is 0 Å². The Morgan fingerprint density at radius 1 is 1.44 bits per heavy atom. The number of aromatic nitrogens is 2. The fraction of sp³-hybridized carbons (Fsp3) is 0.133. The van der Waals surface area contributed by atoms with Gasteiger partial charge in [-0.2, -0.15) is 0 Å². The maximum atomic E-state index is 5.50. The summed E-state index contributed by atoms with van der Waals surface area (Å²) in [6.07, 6.45) is 10.6. The van der Waals surface area contributed by atoms with Gasteiger partial charge in [0.2, 0.25) is 0 Å². The van der Waals surface area contributed by atoms with Crippen molar-refractivity contribution in [1.29, 1.82) is 0 Å². The minimum atomic E-state index is 0.259. The van der Waals surface area contributed by atoms with Gasteiger partial charge in [-0.05, 0) is 11.6 Å². The van der Waals surface area contributed by atoms with Crippen molar-refractivity contribution >= 4 is 5.57 Å². The molecule has 0 aliphatic heterocycles. The Kier molecular flexibility index (Phi) is 3.83. The van der Waals surface area contributed by atoms with Gasteiger partial charge in [-0.25, -0.2) is 4.98 Å². The Bertz CT molecular complexity index is 564. The van der Waals surface area contributed by atoms with Crippen molar-refractivity contribution in [2.45, 2.75) is 6.54 Å². The zero-order valence-corrected chi connectivity index (χ0v) is 10.0. The second kappa shape index (κ2) is 5.74. The number of hydrogen-bond acceptors (Lipinski definition) is 2. The second-order valence-electron chi connectivity index (χ2n) is 3.83. The summed E-state index contributed by atoms with van der Waals surface area (Å²) in [6, 6.07) is 7.74. The molecule has 0 aliphatic rings. The Morgan fingerprint density at radius 2 is 2.28 bits per heavy atom. The highest BCUT2D eigenvalue weighted by atomic mass is 16.5. The largest absolute Gasteiger partial charge is 0.480 e. The first kappa shape index (κ1) is 12.0. The molecule has 1 aromatic heterocycles. The van der Waals surface area contributed by atoms with Gasteiger partial charge in [-0.15, -0.1) is 6.42 Å². The summed E-state index contributed by atoms with van der Waals surface area (Å²) in [5, 5.41) is 0. The molecule has 0 aliphatic carbocycles. The van der Waals surface area contributed by atoms with Gasteiger partial charge in [0, 0.05) is 24.5 Å². The molecule has 2 rings (SSSR count). The van der Waals surface area contributed by atoms with Crippen molar-refractivity contribution in [2.75, 3.05) is 6.61 Å². The quantitative estimate of drug-likeness (QED) is 0.749. The highest BCUT2D eigenvalue weighted by Gasteiger charge is 2.06. The fourth-order valence-corrected chi connectivity index (χ4v) is 1.69. The minimum Gasteiger partial charge on any atom is -0.480 e. The van der Waals surface area contributed by atoms with Crippen LogP contribution in [0.2, 0.25) is 0 Å². The van der Waals surface area contributed by atoms with E-state index in [4.69, 9.17) is 11.2 Å². The van der Waals surface area contributed by atoms with Crippen molar-refractivity contribution in [3.05, 3.63) is 55.1 Å². The SMILES string of the molecule is C#CCOc1ccccc1C(=C)Cn1ccnc1. The molecule has 1 aromatic carbocycles. The van der Waals surface area contributed by atoms with E-state index in [1.807, 2.05) is 35.0 Å². The highest BCUT2D eigenvalue weighted by molar-refractivity contribution is 5.68. The number of terminal acetylenes is 1. The topological polar surface area (TPSA) is 27.1 Å². The normalized spacial score (nSPS) is 9.72. The summed E-state index contributed by atoms with van der Waals surface area (Å²) < 4.78 is 7.46. The van der Waals surface area contributed by atoms with Gasteiger partial charge < -0.3 is 9.30 Å². The molecule has 0 unspecified atom stereocenters. The number of para-hydroxylation sites is 1. The van der Waals surface area contributed by atoms with Gasteiger partial charge in [-0.1, -0.05) is 30.7 Å². The standard InChI is InChI=1S/C15H14N2O/c1-3-10-18-15-7-5-4-6-14(15)13(2)11-17-9-8-16-12-17/h1,4-9,12H,2,10-11H2. The van der Waals surface area contributed by atoms with Gasteiger partial charge >= 0.3 is 0 Å². The first-order valence-corrected chi connectivity index (χ1v) is 5.60. The van der Waals surface area contributed by atoms with Gasteiger partial charge in [0.25, 0.3) is 0 Å². The molecule has 3 nitrogen and oxygen atoms in total. The second-order valence-corrected chi connectivity index (χ2v) is 3.83. The van der Waals surface area contributed by atoms with E-state index in [2.05, 4.69) is 17.5 Å². The summed E-state index contributed by atoms with van der Waals surface area (Å²) in [5.41, 5.74) is 1.93. The summed E-state index contributed by atoms with van der Waals surface area (Å²) in [4.78, 5) is 4.00. The van der Waals surface area contributed by atoms with Gasteiger partial charge in [0.05, 0.1) is 6.33 Å². The van der Waals surface area contributed by atoms with Crippen LogP contribution in [0.25, 0.3) is 5.57 Å². The monoisotopic (exact) mass is 238 g/mol. The van der Waals surface area contributed by atoms with Gasteiger partial charge in [0.1, 0.15) is 12.4 Å². The summed E-state index contributed by atoms with van der Waals surface area (Å²) >= 11 is 0. The molecule has 90 valence electrons. The van der Waals surface area contributed by atoms with Crippen LogP contribution in [0.3, 0.4) is 0 Å². The van der Waals surface area contributed by atoms with E-state index in [0.717, 1.165) is 16.9 Å². The minimum absolute atomic E-state index is 0.259. The van der Waals surface area contributed by atoms with Crippen LogP contribution in [0.15, 0.2) is 49.6 Å². The van der Waals surface area contributed by atoms with Crippen molar-refractivity contribution in [2.24, 2.45) is 0 Å². The lowest BCUT2D eigenvalue weighted by molar-refractivity contribution is 0.369. The molecular weight excluding hydrogens is 224 g/mol. The molecule has 0 saturated carbocycles. The summed E-state index contributed by atoms with van der Waals surface area (Å²) in [7, 11) is 0. The number of benzene rings is 1. The van der Waals surface area contributed by atoms with E-state index in [0.29, 0.717) is 6.54 Å². The van der Waals surface area contributed by atoms with Crippen molar-refractivity contribution in [3.63, 3.8) is 0 Å². The molecule has 0 spiro atoms. The lowest BCUT2D eigenvalue weighted by Crippen LogP contribution is -2.01. The van der Waals surface area contributed by atoms with E-state index in [-0.39, 0.29) is 6.61 Å². The average molecular weight is 238 g/mol. The Labute approximate surface area is 107 Å². The average Bonchev–Trinajstić information content (AvgIpc) is 2.89. The maximum absolute atomic E-state index is 5.50. The highest BCUT2D eigenvalue weighted by Crippen LogP contribution is 2.25. The van der Waals surface area contributed by atoms with Crippen LogP contribution >= 0.6 is 0 Å². The molecule has 2 aromatic rings. The first-order valence-electron chi connectivity index (χ1n) is 5.60. The number of nitrogens with zero attached hydrogens (tertiary/aromatic N) is 2. The number of imidazole rings is 1. The molecule has 0 fully saturated rings. The Hall–Kier alpha value is -2.47. The van der Waals surface area contributed by atoms with Gasteiger partial charge in [-0.3, -0.25) is 0 Å². The fourth-order valence-electron chi connectivity index (χ4n) is 1.69. The van der Waals surface area contributed by atoms with Crippen LogP contribution in [-0.2, 0) is 6.54 Å². The predicted octanol–water partition coefficient (Wildman–Crippen LogP) is 2.61. The van der Waals surface area contributed by atoms with Crippen molar-refractivity contribution < 1.29 is 4.74 Å². The van der Waals surface area contributed by atoms with Crippen molar-refractivity contribution in [3.8, 4) is 18.1 Å². The summed E-state index contributed by atoms with van der Waals surface area (Å²) in [6.45, 7) is 5.02. The lowest BCUT2D eigenvalue weighted by atomic mass is 10.1. The number of hydrogen-bond donors (Lipinski definition) is 0. The molecule has 0 radical (unpaired) electrons. The number of rotatable bonds is 5. The van der Waals surface area contributed by atoms with Crippen LogP contribution < -0.4 is 4.74 Å². The van der Waals surface area contributed by atoms with Crippen LogP contribution in [0, 0.1) is 12.3 Å². The molecule has 0 bridgehead atoms. The third-order valence-electron chi connectivity index (χ3n) is 2.51. The third kappa shape index (κ3) is 2.80. The van der Waals surface area contributed by atoms with Crippen LogP contribution in [0.4, 0.5) is 0 Å². The van der Waals surface area contributed by atoms with E-state index in [1.54, 1.807) is 12.5 Å². The smallest absolute Gasteiger partial charge is 0.148 e. The van der Waals surface area contributed by atoms with E-state index in [1.165, 1.54) is 0 Å². The third-order valence-corrected chi connectivity index (χ3v) is 2.51.